The summed E-state index contributed by atoms with van der Waals surface area (Å²) in [6.45, 7) is 4.88. The van der Waals surface area contributed by atoms with Crippen LogP contribution in [-0.2, 0) is 0 Å². The molecule has 3 rings (SSSR count). The van der Waals surface area contributed by atoms with Crippen molar-refractivity contribution in [3.05, 3.63) is 42.4 Å². The number of nitrogens with zero attached hydrogens (tertiary/aromatic N) is 4. The smallest absolute Gasteiger partial charge is 0.162 e. The maximum Gasteiger partial charge on any atom is 0.162 e. The molecule has 0 aliphatic carbocycles. The molecule has 0 spiro atoms. The van der Waals surface area contributed by atoms with E-state index in [9.17, 15) is 0 Å². The summed E-state index contributed by atoms with van der Waals surface area (Å²) in [6, 6.07) is 8.09. The van der Waals surface area contributed by atoms with E-state index < -0.39 is 0 Å². The predicted molar refractivity (Wildman–Crippen MR) is 75.6 cm³/mol. The van der Waals surface area contributed by atoms with Gasteiger partial charge in [-0.15, -0.1) is 0 Å². The van der Waals surface area contributed by atoms with Crippen molar-refractivity contribution in [3.8, 4) is 5.82 Å². The first-order chi connectivity index (χ1) is 9.31. The molecule has 3 aromatic rings. The topological polar surface area (TPSA) is 55.6 Å². The summed E-state index contributed by atoms with van der Waals surface area (Å²) in [5, 5.41) is 8.76. The highest BCUT2D eigenvalue weighted by Crippen LogP contribution is 2.21. The maximum absolute atomic E-state index is 4.43. The lowest BCUT2D eigenvalue weighted by molar-refractivity contribution is 0.854. The predicted octanol–water partition coefficient (Wildman–Crippen LogP) is 2.56. The van der Waals surface area contributed by atoms with Gasteiger partial charge < -0.3 is 5.32 Å². The Kier molecular flexibility index (Phi) is 2.87. The van der Waals surface area contributed by atoms with Gasteiger partial charge in [0.1, 0.15) is 12.1 Å². The number of hydrogen-bond acceptors (Lipinski definition) is 4. The van der Waals surface area contributed by atoms with Crippen LogP contribution in [0.15, 0.2) is 36.8 Å². The minimum atomic E-state index is 0.812. The van der Waals surface area contributed by atoms with Gasteiger partial charge in [-0.3, -0.25) is 0 Å². The monoisotopic (exact) mass is 253 g/mol. The molecule has 0 amide bonds. The van der Waals surface area contributed by atoms with Crippen LogP contribution in [0.1, 0.15) is 12.5 Å². The summed E-state index contributed by atoms with van der Waals surface area (Å²) in [6.07, 6.45) is 3.42. The van der Waals surface area contributed by atoms with Gasteiger partial charge in [0, 0.05) is 17.5 Å². The summed E-state index contributed by atoms with van der Waals surface area (Å²) in [5.41, 5.74) is 2.05. The van der Waals surface area contributed by atoms with Crippen molar-refractivity contribution < 1.29 is 0 Å². The van der Waals surface area contributed by atoms with Gasteiger partial charge in [-0.25, -0.2) is 14.6 Å². The van der Waals surface area contributed by atoms with E-state index in [0.717, 1.165) is 34.6 Å². The largest absolute Gasteiger partial charge is 0.370 e. The van der Waals surface area contributed by atoms with Crippen LogP contribution >= 0.6 is 0 Å². The van der Waals surface area contributed by atoms with E-state index in [1.54, 1.807) is 6.33 Å². The average Bonchev–Trinajstić information content (AvgIpc) is 2.85. The number of para-hydroxylation sites is 1. The highest BCUT2D eigenvalue weighted by molar-refractivity contribution is 5.80. The number of hydrogen-bond donors (Lipinski definition) is 1. The van der Waals surface area contributed by atoms with Gasteiger partial charge in [0.05, 0.1) is 11.7 Å². The minimum Gasteiger partial charge on any atom is -0.370 e. The van der Waals surface area contributed by atoms with Gasteiger partial charge in [-0.1, -0.05) is 18.2 Å². The lowest BCUT2D eigenvalue weighted by Crippen LogP contribution is -2.08. The highest BCUT2D eigenvalue weighted by Gasteiger charge is 2.11. The molecule has 0 aliphatic rings. The number of anilines is 1. The first-order valence-electron chi connectivity index (χ1n) is 6.30. The maximum atomic E-state index is 4.43. The van der Waals surface area contributed by atoms with Gasteiger partial charge >= 0.3 is 0 Å². The lowest BCUT2D eigenvalue weighted by atomic mass is 10.2. The van der Waals surface area contributed by atoms with E-state index in [4.69, 9.17) is 0 Å². The molecule has 0 fully saturated rings. The summed E-state index contributed by atoms with van der Waals surface area (Å²) >= 11 is 0. The number of fused-ring (bicyclic) bond motifs is 1. The van der Waals surface area contributed by atoms with Crippen molar-refractivity contribution in [2.75, 3.05) is 11.9 Å². The zero-order chi connectivity index (χ0) is 13.2. The van der Waals surface area contributed by atoms with Crippen LogP contribution in [0.2, 0.25) is 0 Å². The molecule has 1 N–H and O–H groups in total. The molecule has 19 heavy (non-hydrogen) atoms. The number of nitrogens with one attached hydrogen (secondary N) is 1. The van der Waals surface area contributed by atoms with Crippen molar-refractivity contribution in [2.45, 2.75) is 13.8 Å². The second-order valence-corrected chi connectivity index (χ2v) is 4.32. The molecule has 0 radical (unpaired) electrons. The SMILES string of the molecule is CCNc1ncnc(-n2ncc3ccccc32)c1C. The van der Waals surface area contributed by atoms with Crippen molar-refractivity contribution in [3.63, 3.8) is 0 Å². The van der Waals surface area contributed by atoms with Gasteiger partial charge in [0.25, 0.3) is 0 Å². The van der Waals surface area contributed by atoms with Crippen LogP contribution in [0, 0.1) is 6.92 Å². The van der Waals surface area contributed by atoms with Crippen LogP contribution < -0.4 is 5.32 Å². The van der Waals surface area contributed by atoms with E-state index in [0.29, 0.717) is 0 Å². The molecule has 96 valence electrons. The fraction of sp³-hybridized carbons (Fsp3) is 0.214. The molecular formula is C14H15N5. The van der Waals surface area contributed by atoms with Gasteiger partial charge in [0.2, 0.25) is 0 Å². The molecule has 0 saturated heterocycles. The third-order valence-corrected chi connectivity index (χ3v) is 3.08. The van der Waals surface area contributed by atoms with Gasteiger partial charge in [-0.2, -0.15) is 5.10 Å². The zero-order valence-electron chi connectivity index (χ0n) is 11.0. The minimum absolute atomic E-state index is 0.812. The first kappa shape index (κ1) is 11.6. The number of rotatable bonds is 3. The van der Waals surface area contributed by atoms with E-state index in [2.05, 4.69) is 20.4 Å². The van der Waals surface area contributed by atoms with Crippen LogP contribution in [0.3, 0.4) is 0 Å². The van der Waals surface area contributed by atoms with E-state index in [1.165, 1.54) is 0 Å². The zero-order valence-corrected chi connectivity index (χ0v) is 11.0. The molecule has 0 atom stereocenters. The van der Waals surface area contributed by atoms with Crippen LogP contribution in [0.4, 0.5) is 5.82 Å². The Hall–Kier alpha value is -2.43. The summed E-state index contributed by atoms with van der Waals surface area (Å²) in [7, 11) is 0. The molecule has 0 aliphatic heterocycles. The fourth-order valence-electron chi connectivity index (χ4n) is 2.14. The molecular weight excluding hydrogens is 238 g/mol. The van der Waals surface area contributed by atoms with Crippen LogP contribution in [0.5, 0.6) is 0 Å². The highest BCUT2D eigenvalue weighted by atomic mass is 15.3. The van der Waals surface area contributed by atoms with Crippen LogP contribution in [0.25, 0.3) is 16.7 Å². The summed E-state index contributed by atoms with van der Waals surface area (Å²) in [5.74, 6) is 1.67. The Morgan fingerprint density at radius 1 is 1.21 bits per heavy atom. The van der Waals surface area contributed by atoms with E-state index in [1.807, 2.05) is 49.0 Å². The molecule has 5 nitrogen and oxygen atoms in total. The third-order valence-electron chi connectivity index (χ3n) is 3.08. The van der Waals surface area contributed by atoms with E-state index in [-0.39, 0.29) is 0 Å². The van der Waals surface area contributed by atoms with E-state index >= 15 is 0 Å². The Labute approximate surface area is 111 Å². The normalized spacial score (nSPS) is 10.8. The number of benzene rings is 1. The van der Waals surface area contributed by atoms with Crippen molar-refractivity contribution >= 4 is 16.7 Å². The Morgan fingerprint density at radius 2 is 2.05 bits per heavy atom. The van der Waals surface area contributed by atoms with Crippen molar-refractivity contribution in [2.24, 2.45) is 0 Å². The van der Waals surface area contributed by atoms with Crippen LogP contribution in [-0.4, -0.2) is 26.3 Å². The molecule has 1 aromatic carbocycles. The lowest BCUT2D eigenvalue weighted by Gasteiger charge is -2.10. The first-order valence-corrected chi connectivity index (χ1v) is 6.30. The standard InChI is InChI=1S/C14H15N5/c1-3-15-13-10(2)14(17-9-16-13)19-12-7-5-4-6-11(12)8-18-19/h4-9H,3H2,1-2H3,(H,15,16,17). The van der Waals surface area contributed by atoms with Crippen molar-refractivity contribution in [1.29, 1.82) is 0 Å². The molecule has 2 aromatic heterocycles. The van der Waals surface area contributed by atoms with Gasteiger partial charge in [0.15, 0.2) is 5.82 Å². The molecule has 0 bridgehead atoms. The average molecular weight is 253 g/mol. The Morgan fingerprint density at radius 3 is 2.89 bits per heavy atom. The third kappa shape index (κ3) is 1.93. The summed E-state index contributed by atoms with van der Waals surface area (Å²) < 4.78 is 1.85. The quantitative estimate of drug-likeness (QED) is 0.779. The molecule has 2 heterocycles. The summed E-state index contributed by atoms with van der Waals surface area (Å²) in [4.78, 5) is 8.62. The second kappa shape index (κ2) is 4.68. The van der Waals surface area contributed by atoms with Crippen molar-refractivity contribution in [1.82, 2.24) is 19.7 Å². The molecule has 5 heteroatoms. The Balaban J connectivity index is 2.19. The molecule has 0 unspecified atom stereocenters. The second-order valence-electron chi connectivity index (χ2n) is 4.32. The fourth-order valence-corrected chi connectivity index (χ4v) is 2.14. The number of aromatic nitrogens is 4. The molecule has 0 saturated carbocycles. The van der Waals surface area contributed by atoms with Gasteiger partial charge in [-0.05, 0) is 19.9 Å². The Bertz CT molecular complexity index is 717.